The molecule has 148 valence electrons. The van der Waals surface area contributed by atoms with Gasteiger partial charge in [0.25, 0.3) is 0 Å². The number of benzene rings is 1. The van der Waals surface area contributed by atoms with Gasteiger partial charge in [-0.15, -0.1) is 0 Å². The molecule has 0 spiro atoms. The topological polar surface area (TPSA) is 51.1 Å². The average Bonchev–Trinajstić information content (AvgIpc) is 3.07. The second kappa shape index (κ2) is 12.7. The summed E-state index contributed by atoms with van der Waals surface area (Å²) in [5.74, 6) is 1.51. The van der Waals surface area contributed by atoms with Gasteiger partial charge in [0.15, 0.2) is 5.90 Å². The molecule has 1 aromatic rings. The molecule has 4 nitrogen and oxygen atoms in total. The molecule has 0 radical (unpaired) electrons. The summed E-state index contributed by atoms with van der Waals surface area (Å²) in [5.41, 5.74) is 0.705. The Kier molecular flexibility index (Phi) is 10.9. The van der Waals surface area contributed by atoms with Gasteiger partial charge in [0.1, 0.15) is 17.9 Å². The van der Waals surface area contributed by atoms with Gasteiger partial charge in [-0.3, -0.25) is 4.39 Å². The summed E-state index contributed by atoms with van der Waals surface area (Å²) in [6, 6.07) is 8.05. The van der Waals surface area contributed by atoms with Crippen molar-refractivity contribution in [2.24, 2.45) is 4.99 Å². The van der Waals surface area contributed by atoms with E-state index in [-0.39, 0.29) is 13.3 Å². The van der Waals surface area contributed by atoms with Crippen LogP contribution in [0.25, 0.3) is 0 Å². The maximum atomic E-state index is 12.0. The van der Waals surface area contributed by atoms with Crippen molar-refractivity contribution in [3.8, 4) is 5.75 Å². The summed E-state index contributed by atoms with van der Waals surface area (Å²) in [5, 5.41) is 9.60. The van der Waals surface area contributed by atoms with E-state index in [1.807, 2.05) is 32.9 Å². The highest BCUT2D eigenvalue weighted by Crippen LogP contribution is 2.25. The van der Waals surface area contributed by atoms with Gasteiger partial charge in [0.05, 0.1) is 19.9 Å². The number of alkyl halides is 1. The monoisotopic (exact) mass is 367 g/mol. The number of aryl methyl sites for hydroxylation is 1. The van der Waals surface area contributed by atoms with Crippen LogP contribution in [0.4, 0.5) is 4.39 Å². The molecule has 0 bridgehead atoms. The van der Waals surface area contributed by atoms with Crippen molar-refractivity contribution in [3.63, 3.8) is 0 Å². The maximum Gasteiger partial charge on any atom is 0.180 e. The fourth-order valence-corrected chi connectivity index (χ4v) is 2.79. The van der Waals surface area contributed by atoms with Crippen LogP contribution in [0.3, 0.4) is 0 Å². The Balaban J connectivity index is 0.00000163. The largest absolute Gasteiger partial charge is 0.494 e. The van der Waals surface area contributed by atoms with E-state index < -0.39 is 5.54 Å². The predicted octanol–water partition coefficient (Wildman–Crippen LogP) is 4.73. The van der Waals surface area contributed by atoms with Crippen LogP contribution in [0.2, 0.25) is 0 Å². The lowest BCUT2D eigenvalue weighted by Crippen LogP contribution is -2.33. The van der Waals surface area contributed by atoms with E-state index in [1.165, 1.54) is 5.56 Å². The number of rotatable bonds is 11. The smallest absolute Gasteiger partial charge is 0.180 e. The van der Waals surface area contributed by atoms with E-state index in [0.717, 1.165) is 37.9 Å². The molecular weight excluding hydrogens is 333 g/mol. The number of ether oxygens (including phenoxy) is 2. The molecule has 26 heavy (non-hydrogen) atoms. The van der Waals surface area contributed by atoms with Crippen LogP contribution < -0.4 is 4.74 Å². The van der Waals surface area contributed by atoms with E-state index in [0.29, 0.717) is 25.5 Å². The molecule has 1 atom stereocenters. The van der Waals surface area contributed by atoms with Crippen molar-refractivity contribution in [3.05, 3.63) is 29.8 Å². The molecule has 1 N–H and O–H groups in total. The molecule has 1 aromatic carbocycles. The first-order valence-electron chi connectivity index (χ1n) is 9.75. The number of aliphatic imine (C=N–C) groups is 1. The van der Waals surface area contributed by atoms with E-state index in [2.05, 4.69) is 17.1 Å². The molecule has 1 aliphatic heterocycles. The minimum absolute atomic E-state index is 0.00788. The van der Waals surface area contributed by atoms with Gasteiger partial charge in [0.2, 0.25) is 0 Å². The second-order valence-electron chi connectivity index (χ2n) is 6.40. The number of hydrogen-bond donors (Lipinski definition) is 1. The van der Waals surface area contributed by atoms with Crippen LogP contribution in [0.15, 0.2) is 29.3 Å². The molecule has 0 aromatic heterocycles. The van der Waals surface area contributed by atoms with Crippen molar-refractivity contribution in [1.29, 1.82) is 0 Å². The molecule has 0 amide bonds. The Labute approximate surface area is 157 Å². The number of aliphatic hydroxyl groups is 1. The van der Waals surface area contributed by atoms with Crippen LogP contribution in [0.1, 0.15) is 58.4 Å². The van der Waals surface area contributed by atoms with Gasteiger partial charge in [-0.1, -0.05) is 32.4 Å². The fourth-order valence-electron chi connectivity index (χ4n) is 2.79. The van der Waals surface area contributed by atoms with Crippen molar-refractivity contribution in [2.75, 3.05) is 26.5 Å². The summed E-state index contributed by atoms with van der Waals surface area (Å²) in [7, 11) is 0. The zero-order chi connectivity index (χ0) is 19.3. The van der Waals surface area contributed by atoms with Gasteiger partial charge in [-0.2, -0.15) is 0 Å². The Morgan fingerprint density at radius 1 is 1.15 bits per heavy atom. The first-order valence-corrected chi connectivity index (χ1v) is 9.75. The van der Waals surface area contributed by atoms with E-state index in [9.17, 15) is 9.50 Å². The highest BCUT2D eigenvalue weighted by Gasteiger charge is 2.34. The highest BCUT2D eigenvalue weighted by molar-refractivity contribution is 5.75. The van der Waals surface area contributed by atoms with Crippen LogP contribution >= 0.6 is 0 Å². The third-order valence-electron chi connectivity index (χ3n) is 4.34. The minimum atomic E-state index is -0.487. The molecule has 0 fully saturated rings. The minimum Gasteiger partial charge on any atom is -0.494 e. The first-order chi connectivity index (χ1) is 12.7. The number of unbranched alkanes of at least 4 members (excludes halogenated alkanes) is 3. The second-order valence-corrected chi connectivity index (χ2v) is 6.40. The van der Waals surface area contributed by atoms with E-state index >= 15 is 0 Å². The van der Waals surface area contributed by atoms with Gasteiger partial charge < -0.3 is 14.6 Å². The third kappa shape index (κ3) is 7.73. The molecule has 0 saturated carbocycles. The Morgan fingerprint density at radius 3 is 2.42 bits per heavy atom. The molecule has 0 aliphatic carbocycles. The van der Waals surface area contributed by atoms with Crippen LogP contribution in [0, 0.1) is 0 Å². The Bertz CT molecular complexity index is 518. The number of hydrogen-bond acceptors (Lipinski definition) is 4. The third-order valence-corrected chi connectivity index (χ3v) is 4.34. The molecule has 5 heteroatoms. The zero-order valence-electron chi connectivity index (χ0n) is 16.5. The van der Waals surface area contributed by atoms with Crippen LogP contribution in [-0.2, 0) is 11.2 Å². The highest BCUT2D eigenvalue weighted by atomic mass is 19.1. The van der Waals surface area contributed by atoms with Gasteiger partial charge >= 0.3 is 0 Å². The lowest BCUT2D eigenvalue weighted by Gasteiger charge is -2.21. The lowest BCUT2D eigenvalue weighted by molar-refractivity contribution is 0.150. The van der Waals surface area contributed by atoms with Crippen LogP contribution in [0.5, 0.6) is 5.75 Å². The quantitative estimate of drug-likeness (QED) is 0.575. The Morgan fingerprint density at radius 2 is 1.85 bits per heavy atom. The SMILES string of the molecule is CC.CC1=NC(CO)(CCc2ccc(OCCCCCCF)cc2)CO1. The van der Waals surface area contributed by atoms with Crippen molar-refractivity contribution < 1.29 is 19.0 Å². The molecular formula is C21H34FNO3. The number of halogens is 1. The van der Waals surface area contributed by atoms with Crippen molar-refractivity contribution in [1.82, 2.24) is 0 Å². The first kappa shape index (κ1) is 22.4. The van der Waals surface area contributed by atoms with Crippen molar-refractivity contribution in [2.45, 2.75) is 64.8 Å². The van der Waals surface area contributed by atoms with E-state index in [1.54, 1.807) is 0 Å². The van der Waals surface area contributed by atoms with Crippen LogP contribution in [-0.4, -0.2) is 43.0 Å². The average molecular weight is 368 g/mol. The lowest BCUT2D eigenvalue weighted by atomic mass is 9.94. The fraction of sp³-hybridized carbons (Fsp3) is 0.667. The Hall–Kier alpha value is -1.62. The van der Waals surface area contributed by atoms with Gasteiger partial charge in [0, 0.05) is 6.92 Å². The molecule has 2 rings (SSSR count). The predicted molar refractivity (Wildman–Crippen MR) is 105 cm³/mol. The summed E-state index contributed by atoms with van der Waals surface area (Å²) >= 11 is 0. The summed E-state index contributed by atoms with van der Waals surface area (Å²) in [6.45, 7) is 6.73. The zero-order valence-corrected chi connectivity index (χ0v) is 16.5. The number of nitrogens with zero attached hydrogens (tertiary/aromatic N) is 1. The van der Waals surface area contributed by atoms with E-state index in [4.69, 9.17) is 9.47 Å². The molecule has 1 unspecified atom stereocenters. The van der Waals surface area contributed by atoms with Gasteiger partial charge in [-0.05, 0) is 49.8 Å². The molecule has 1 heterocycles. The molecule has 0 saturated heterocycles. The normalized spacial score (nSPS) is 18.6. The maximum absolute atomic E-state index is 12.0. The summed E-state index contributed by atoms with van der Waals surface area (Å²) in [6.07, 6.45) is 5.14. The molecule has 1 aliphatic rings. The van der Waals surface area contributed by atoms with Crippen molar-refractivity contribution >= 4 is 5.90 Å². The summed E-state index contributed by atoms with van der Waals surface area (Å²) in [4.78, 5) is 4.44. The number of aliphatic hydroxyl groups excluding tert-OH is 1. The summed E-state index contributed by atoms with van der Waals surface area (Å²) < 4.78 is 23.1. The van der Waals surface area contributed by atoms with Gasteiger partial charge in [-0.25, -0.2) is 4.99 Å². The standard InChI is InChI=1S/C19H28FNO3.C2H6/c1-16-21-19(14-22,15-24-16)11-10-17-6-8-18(9-7-17)23-13-5-3-2-4-12-20;1-2/h6-9,22H,2-5,10-15H2,1H3;1-2H3.